The minimum Gasteiger partial charge on any atom is -0.481 e. The number of ether oxygens (including phenoxy) is 1. The molecule has 0 aliphatic heterocycles. The summed E-state index contributed by atoms with van der Waals surface area (Å²) in [5.74, 6) is 1.81. The van der Waals surface area contributed by atoms with Crippen molar-refractivity contribution in [3.05, 3.63) is 35.9 Å². The summed E-state index contributed by atoms with van der Waals surface area (Å²) in [6.45, 7) is 9.95. The lowest BCUT2D eigenvalue weighted by Gasteiger charge is -2.18. The lowest BCUT2D eigenvalue weighted by atomic mass is 9.98. The summed E-state index contributed by atoms with van der Waals surface area (Å²) in [6.07, 6.45) is 0. The van der Waals surface area contributed by atoms with Gasteiger partial charge in [0.15, 0.2) is 5.90 Å². The SMILES string of the molecule is CCOC(=NCc1ccccc1)[C@H](C)C(C)C. The van der Waals surface area contributed by atoms with Gasteiger partial charge in [-0.2, -0.15) is 0 Å². The van der Waals surface area contributed by atoms with Crippen molar-refractivity contribution in [3.63, 3.8) is 0 Å². The van der Waals surface area contributed by atoms with Crippen LogP contribution in [0.15, 0.2) is 35.3 Å². The molecule has 2 heteroatoms. The first kappa shape index (κ1) is 13.8. The molecule has 0 spiro atoms. The van der Waals surface area contributed by atoms with Crippen LogP contribution in [0.3, 0.4) is 0 Å². The Balaban J connectivity index is 2.70. The maximum atomic E-state index is 5.64. The molecule has 1 atom stereocenters. The van der Waals surface area contributed by atoms with Crippen molar-refractivity contribution in [1.29, 1.82) is 0 Å². The molecule has 0 aromatic heterocycles. The van der Waals surface area contributed by atoms with Crippen molar-refractivity contribution in [2.75, 3.05) is 6.61 Å². The van der Waals surface area contributed by atoms with Gasteiger partial charge in [-0.1, -0.05) is 51.1 Å². The lowest BCUT2D eigenvalue weighted by molar-refractivity contribution is 0.286. The first-order chi connectivity index (χ1) is 8.15. The third-order valence-corrected chi connectivity index (χ3v) is 2.94. The molecular weight excluding hydrogens is 210 g/mol. The second-order valence-corrected chi connectivity index (χ2v) is 4.61. The Bertz CT molecular complexity index is 343. The van der Waals surface area contributed by atoms with Crippen molar-refractivity contribution in [1.82, 2.24) is 0 Å². The van der Waals surface area contributed by atoms with Gasteiger partial charge in [-0.3, -0.25) is 4.99 Å². The highest BCUT2D eigenvalue weighted by molar-refractivity contribution is 5.78. The van der Waals surface area contributed by atoms with Crippen LogP contribution in [0, 0.1) is 11.8 Å². The molecule has 0 amide bonds. The molecule has 17 heavy (non-hydrogen) atoms. The number of rotatable bonds is 5. The van der Waals surface area contributed by atoms with Crippen LogP contribution >= 0.6 is 0 Å². The molecule has 2 nitrogen and oxygen atoms in total. The number of hydrogen-bond acceptors (Lipinski definition) is 2. The van der Waals surface area contributed by atoms with Crippen LogP contribution in [0.1, 0.15) is 33.3 Å². The van der Waals surface area contributed by atoms with E-state index in [1.165, 1.54) is 5.56 Å². The number of nitrogens with zero attached hydrogens (tertiary/aromatic N) is 1. The zero-order chi connectivity index (χ0) is 12.7. The average molecular weight is 233 g/mol. The number of benzene rings is 1. The quantitative estimate of drug-likeness (QED) is 0.558. The summed E-state index contributed by atoms with van der Waals surface area (Å²) in [6, 6.07) is 10.3. The fourth-order valence-corrected chi connectivity index (χ4v) is 1.51. The number of hydrogen-bond donors (Lipinski definition) is 0. The first-order valence-corrected chi connectivity index (χ1v) is 6.36. The van der Waals surface area contributed by atoms with Crippen LogP contribution in [0.4, 0.5) is 0 Å². The van der Waals surface area contributed by atoms with E-state index in [0.717, 1.165) is 5.90 Å². The molecule has 0 aliphatic rings. The van der Waals surface area contributed by atoms with Crippen molar-refractivity contribution in [3.8, 4) is 0 Å². The molecule has 0 unspecified atom stereocenters. The molecule has 0 N–H and O–H groups in total. The van der Waals surface area contributed by atoms with E-state index in [0.29, 0.717) is 25.0 Å². The predicted molar refractivity (Wildman–Crippen MR) is 73.2 cm³/mol. The largest absolute Gasteiger partial charge is 0.481 e. The van der Waals surface area contributed by atoms with Gasteiger partial charge in [0.25, 0.3) is 0 Å². The van der Waals surface area contributed by atoms with E-state index < -0.39 is 0 Å². The monoisotopic (exact) mass is 233 g/mol. The standard InChI is InChI=1S/C15H23NO/c1-5-17-15(13(4)12(2)3)16-11-14-9-7-6-8-10-14/h6-10,12-13H,5,11H2,1-4H3/t13-/m1/s1. The zero-order valence-electron chi connectivity index (χ0n) is 11.3. The maximum absolute atomic E-state index is 5.64. The molecule has 0 radical (unpaired) electrons. The highest BCUT2D eigenvalue weighted by Gasteiger charge is 2.15. The van der Waals surface area contributed by atoms with E-state index in [1.807, 2.05) is 25.1 Å². The van der Waals surface area contributed by atoms with Gasteiger partial charge >= 0.3 is 0 Å². The Labute approximate surface area is 105 Å². The number of aliphatic imine (C=N–C) groups is 1. The molecule has 0 saturated carbocycles. The molecule has 1 aromatic carbocycles. The highest BCUT2D eigenvalue weighted by Crippen LogP contribution is 2.14. The van der Waals surface area contributed by atoms with Gasteiger partial charge in [0, 0.05) is 5.92 Å². The van der Waals surface area contributed by atoms with Gasteiger partial charge in [-0.15, -0.1) is 0 Å². The molecule has 0 bridgehead atoms. The van der Waals surface area contributed by atoms with Gasteiger partial charge in [-0.25, -0.2) is 0 Å². The minimum atomic E-state index is 0.374. The second-order valence-electron chi connectivity index (χ2n) is 4.61. The molecular formula is C15H23NO. The van der Waals surface area contributed by atoms with Crippen LogP contribution < -0.4 is 0 Å². The molecule has 0 fully saturated rings. The fourth-order valence-electron chi connectivity index (χ4n) is 1.51. The maximum Gasteiger partial charge on any atom is 0.186 e. The van der Waals surface area contributed by atoms with Crippen LogP contribution in [0.5, 0.6) is 0 Å². The molecule has 1 aromatic rings. The Hall–Kier alpha value is -1.31. The van der Waals surface area contributed by atoms with Crippen LogP contribution in [-0.2, 0) is 11.3 Å². The molecule has 0 heterocycles. The Morgan fingerprint density at radius 1 is 1.18 bits per heavy atom. The van der Waals surface area contributed by atoms with Gasteiger partial charge in [-0.05, 0) is 18.4 Å². The highest BCUT2D eigenvalue weighted by atomic mass is 16.5. The van der Waals surface area contributed by atoms with Crippen molar-refractivity contribution < 1.29 is 4.74 Å². The summed E-state index contributed by atoms with van der Waals surface area (Å²) < 4.78 is 5.64. The molecule has 1 rings (SSSR count). The minimum absolute atomic E-state index is 0.374. The van der Waals surface area contributed by atoms with Crippen molar-refractivity contribution >= 4 is 5.90 Å². The summed E-state index contributed by atoms with van der Waals surface area (Å²) in [7, 11) is 0. The van der Waals surface area contributed by atoms with Crippen LogP contribution in [0.25, 0.3) is 0 Å². The summed E-state index contributed by atoms with van der Waals surface area (Å²) in [4.78, 5) is 4.60. The third kappa shape index (κ3) is 4.59. The van der Waals surface area contributed by atoms with Crippen LogP contribution in [0.2, 0.25) is 0 Å². The molecule has 0 saturated heterocycles. The van der Waals surface area contributed by atoms with E-state index in [-0.39, 0.29) is 0 Å². The average Bonchev–Trinajstić information content (AvgIpc) is 2.34. The molecule has 94 valence electrons. The second kappa shape index (κ2) is 7.10. The Kier molecular flexibility index (Phi) is 5.75. The lowest BCUT2D eigenvalue weighted by Crippen LogP contribution is -2.20. The van der Waals surface area contributed by atoms with E-state index >= 15 is 0 Å². The van der Waals surface area contributed by atoms with E-state index in [1.54, 1.807) is 0 Å². The van der Waals surface area contributed by atoms with Crippen molar-refractivity contribution in [2.45, 2.75) is 34.2 Å². The molecule has 0 aliphatic carbocycles. The van der Waals surface area contributed by atoms with E-state index in [2.05, 4.69) is 37.9 Å². The van der Waals surface area contributed by atoms with Crippen LogP contribution in [-0.4, -0.2) is 12.5 Å². The summed E-state index contributed by atoms with van der Waals surface area (Å²) >= 11 is 0. The van der Waals surface area contributed by atoms with Gasteiger partial charge in [0.05, 0.1) is 13.2 Å². The van der Waals surface area contributed by atoms with Gasteiger partial charge < -0.3 is 4.74 Å². The van der Waals surface area contributed by atoms with Gasteiger partial charge in [0.1, 0.15) is 0 Å². The Morgan fingerprint density at radius 2 is 1.82 bits per heavy atom. The first-order valence-electron chi connectivity index (χ1n) is 6.36. The summed E-state index contributed by atoms with van der Waals surface area (Å²) in [5, 5.41) is 0. The van der Waals surface area contributed by atoms with E-state index in [4.69, 9.17) is 4.74 Å². The topological polar surface area (TPSA) is 21.6 Å². The fraction of sp³-hybridized carbons (Fsp3) is 0.533. The van der Waals surface area contributed by atoms with Gasteiger partial charge in [0.2, 0.25) is 0 Å². The third-order valence-electron chi connectivity index (χ3n) is 2.94. The van der Waals surface area contributed by atoms with Crippen molar-refractivity contribution in [2.24, 2.45) is 16.8 Å². The van der Waals surface area contributed by atoms with E-state index in [9.17, 15) is 0 Å². The Morgan fingerprint density at radius 3 is 2.35 bits per heavy atom. The zero-order valence-corrected chi connectivity index (χ0v) is 11.3. The normalized spacial score (nSPS) is 13.8. The predicted octanol–water partition coefficient (Wildman–Crippen LogP) is 3.91. The summed E-state index contributed by atoms with van der Waals surface area (Å²) in [5.41, 5.74) is 1.22. The smallest absolute Gasteiger partial charge is 0.186 e.